The highest BCUT2D eigenvalue weighted by atomic mass is 15.3. The van der Waals surface area contributed by atoms with E-state index in [0.717, 1.165) is 34.9 Å². The lowest BCUT2D eigenvalue weighted by atomic mass is 9.92. The van der Waals surface area contributed by atoms with Crippen molar-refractivity contribution in [3.63, 3.8) is 0 Å². The van der Waals surface area contributed by atoms with Crippen LogP contribution in [0.25, 0.3) is 22.7 Å². The molecule has 0 amide bonds. The van der Waals surface area contributed by atoms with E-state index in [1.54, 1.807) is 0 Å². The van der Waals surface area contributed by atoms with E-state index in [-0.39, 0.29) is 5.41 Å². The summed E-state index contributed by atoms with van der Waals surface area (Å²) in [7, 11) is 0. The third-order valence-electron chi connectivity index (χ3n) is 3.45. The molecule has 0 aliphatic heterocycles. The van der Waals surface area contributed by atoms with Gasteiger partial charge >= 0.3 is 0 Å². The van der Waals surface area contributed by atoms with Gasteiger partial charge in [0.25, 0.3) is 0 Å². The molecule has 112 valence electrons. The molecule has 6 heteroatoms. The molecule has 0 unspecified atom stereocenters. The Bertz CT molecular complexity index is 753. The summed E-state index contributed by atoms with van der Waals surface area (Å²) in [6, 6.07) is 2.05. The Balaban J connectivity index is 1.98. The second kappa shape index (κ2) is 4.72. The van der Waals surface area contributed by atoms with Crippen LogP contribution < -0.4 is 0 Å². The van der Waals surface area contributed by atoms with E-state index in [9.17, 15) is 0 Å². The maximum absolute atomic E-state index is 4.65. The van der Waals surface area contributed by atoms with E-state index in [0.29, 0.717) is 5.92 Å². The van der Waals surface area contributed by atoms with Gasteiger partial charge in [0.05, 0.1) is 6.20 Å². The van der Waals surface area contributed by atoms with Crippen molar-refractivity contribution in [2.45, 2.75) is 46.6 Å². The number of aromatic amines is 2. The molecule has 0 aromatic carbocycles. The molecule has 21 heavy (non-hydrogen) atoms. The summed E-state index contributed by atoms with van der Waals surface area (Å²) >= 11 is 0. The van der Waals surface area contributed by atoms with Crippen molar-refractivity contribution in [1.82, 2.24) is 29.9 Å². The molecule has 0 bridgehead atoms. The molecule has 0 aliphatic rings. The van der Waals surface area contributed by atoms with Crippen molar-refractivity contribution < 1.29 is 0 Å². The molecule has 0 spiro atoms. The molecular formula is C15H22N6. The Kier molecular flexibility index (Phi) is 3.11. The zero-order valence-corrected chi connectivity index (χ0v) is 13.2. The van der Waals surface area contributed by atoms with Crippen LogP contribution in [0.2, 0.25) is 0 Å². The van der Waals surface area contributed by atoms with E-state index in [4.69, 9.17) is 0 Å². The van der Waals surface area contributed by atoms with Crippen molar-refractivity contribution in [3.05, 3.63) is 18.0 Å². The van der Waals surface area contributed by atoms with Gasteiger partial charge in [0.15, 0.2) is 11.5 Å². The second-order valence-electron chi connectivity index (χ2n) is 6.96. The van der Waals surface area contributed by atoms with Crippen LogP contribution >= 0.6 is 0 Å². The minimum Gasteiger partial charge on any atom is -0.334 e. The Hall–Kier alpha value is -2.11. The zero-order chi connectivity index (χ0) is 15.2. The Morgan fingerprint density at radius 3 is 2.67 bits per heavy atom. The zero-order valence-electron chi connectivity index (χ0n) is 13.2. The molecule has 0 fully saturated rings. The normalized spacial score (nSPS) is 12.7. The van der Waals surface area contributed by atoms with Gasteiger partial charge in [-0.3, -0.25) is 5.10 Å². The predicted molar refractivity (Wildman–Crippen MR) is 83.0 cm³/mol. The van der Waals surface area contributed by atoms with Crippen LogP contribution in [0.3, 0.4) is 0 Å². The summed E-state index contributed by atoms with van der Waals surface area (Å²) in [6.45, 7) is 11.7. The summed E-state index contributed by atoms with van der Waals surface area (Å²) < 4.78 is 1.94. The molecular weight excluding hydrogens is 264 g/mol. The van der Waals surface area contributed by atoms with Crippen LogP contribution in [-0.4, -0.2) is 29.9 Å². The molecule has 0 saturated carbocycles. The van der Waals surface area contributed by atoms with E-state index in [1.807, 2.05) is 10.9 Å². The van der Waals surface area contributed by atoms with Gasteiger partial charge in [0.2, 0.25) is 0 Å². The van der Waals surface area contributed by atoms with Crippen LogP contribution in [0.15, 0.2) is 12.3 Å². The van der Waals surface area contributed by atoms with Crippen LogP contribution in [0, 0.1) is 5.92 Å². The fraction of sp³-hybridized carbons (Fsp3) is 0.533. The van der Waals surface area contributed by atoms with Crippen LogP contribution in [0.4, 0.5) is 0 Å². The van der Waals surface area contributed by atoms with Crippen molar-refractivity contribution >= 4 is 11.2 Å². The van der Waals surface area contributed by atoms with Gasteiger partial charge in [-0.05, 0) is 12.0 Å². The lowest BCUT2D eigenvalue weighted by Gasteiger charge is -2.14. The lowest BCUT2D eigenvalue weighted by Crippen LogP contribution is -2.11. The van der Waals surface area contributed by atoms with Gasteiger partial charge in [-0.25, -0.2) is 9.67 Å². The highest BCUT2D eigenvalue weighted by Crippen LogP contribution is 2.25. The van der Waals surface area contributed by atoms with Crippen LogP contribution in [0.1, 0.15) is 40.3 Å². The minimum atomic E-state index is 0.0473. The number of imidazole rings is 1. The van der Waals surface area contributed by atoms with Gasteiger partial charge in [0, 0.05) is 17.7 Å². The summed E-state index contributed by atoms with van der Waals surface area (Å²) in [5.74, 6) is 1.32. The maximum Gasteiger partial charge on any atom is 0.176 e. The lowest BCUT2D eigenvalue weighted by molar-refractivity contribution is 0.492. The Labute approximate surface area is 124 Å². The number of fused-ring (bicyclic) bond motifs is 1. The number of H-pyrrole nitrogens is 2. The SMILES string of the molecule is CC(C)Cn1ncc2[nH]c(-c3cc(C(C)(C)C)[nH]n3)nc21. The minimum absolute atomic E-state index is 0.0473. The molecule has 3 heterocycles. The van der Waals surface area contributed by atoms with Crippen LogP contribution in [0.5, 0.6) is 0 Å². The van der Waals surface area contributed by atoms with E-state index in [1.165, 1.54) is 0 Å². The fourth-order valence-corrected chi connectivity index (χ4v) is 2.27. The fourth-order valence-electron chi connectivity index (χ4n) is 2.27. The Morgan fingerprint density at radius 2 is 2.05 bits per heavy atom. The molecule has 3 aromatic heterocycles. The molecule has 3 aromatic rings. The van der Waals surface area contributed by atoms with Crippen molar-refractivity contribution in [2.75, 3.05) is 0 Å². The first-order chi connectivity index (χ1) is 9.84. The molecule has 0 saturated heterocycles. The number of aromatic nitrogens is 6. The summed E-state index contributed by atoms with van der Waals surface area (Å²) in [5, 5.41) is 11.8. The van der Waals surface area contributed by atoms with E-state index in [2.05, 4.69) is 65.9 Å². The topological polar surface area (TPSA) is 75.2 Å². The van der Waals surface area contributed by atoms with E-state index < -0.39 is 0 Å². The molecule has 2 N–H and O–H groups in total. The predicted octanol–water partition coefficient (Wildman–Crippen LogP) is 3.10. The molecule has 6 nitrogen and oxygen atoms in total. The molecule has 3 rings (SSSR count). The third kappa shape index (κ3) is 2.57. The van der Waals surface area contributed by atoms with Crippen molar-refractivity contribution in [2.24, 2.45) is 5.92 Å². The van der Waals surface area contributed by atoms with Gasteiger partial charge in [0.1, 0.15) is 11.2 Å². The number of nitrogens with one attached hydrogen (secondary N) is 2. The maximum atomic E-state index is 4.65. The van der Waals surface area contributed by atoms with Crippen molar-refractivity contribution in [3.8, 4) is 11.5 Å². The summed E-state index contributed by atoms with van der Waals surface area (Å²) in [5.41, 5.74) is 3.82. The second-order valence-corrected chi connectivity index (χ2v) is 6.96. The number of rotatable bonds is 3. The first kappa shape index (κ1) is 13.9. The Morgan fingerprint density at radius 1 is 1.29 bits per heavy atom. The first-order valence-corrected chi connectivity index (χ1v) is 7.32. The number of hydrogen-bond acceptors (Lipinski definition) is 3. The molecule has 0 aliphatic carbocycles. The van der Waals surface area contributed by atoms with Gasteiger partial charge in [-0.2, -0.15) is 10.2 Å². The largest absolute Gasteiger partial charge is 0.334 e. The quantitative estimate of drug-likeness (QED) is 0.777. The average Bonchev–Trinajstić information content (AvgIpc) is 3.02. The molecule has 0 radical (unpaired) electrons. The molecule has 0 atom stereocenters. The van der Waals surface area contributed by atoms with Crippen LogP contribution in [-0.2, 0) is 12.0 Å². The summed E-state index contributed by atoms with van der Waals surface area (Å²) in [4.78, 5) is 7.95. The number of hydrogen-bond donors (Lipinski definition) is 2. The summed E-state index contributed by atoms with van der Waals surface area (Å²) in [6.07, 6.45) is 1.82. The monoisotopic (exact) mass is 286 g/mol. The highest BCUT2D eigenvalue weighted by molar-refractivity contribution is 5.75. The number of nitrogens with zero attached hydrogens (tertiary/aromatic N) is 4. The first-order valence-electron chi connectivity index (χ1n) is 7.32. The van der Waals surface area contributed by atoms with Crippen molar-refractivity contribution in [1.29, 1.82) is 0 Å². The van der Waals surface area contributed by atoms with E-state index >= 15 is 0 Å². The van der Waals surface area contributed by atoms with Gasteiger partial charge in [-0.15, -0.1) is 0 Å². The average molecular weight is 286 g/mol. The highest BCUT2D eigenvalue weighted by Gasteiger charge is 2.19. The van der Waals surface area contributed by atoms with Gasteiger partial charge in [-0.1, -0.05) is 34.6 Å². The standard InChI is InChI=1S/C15H22N6/c1-9(2)8-21-14-11(7-16-21)17-13(18-14)10-6-12(20-19-10)15(3,4)5/h6-7,9H,8H2,1-5H3,(H,17,18)(H,19,20). The third-order valence-corrected chi connectivity index (χ3v) is 3.45. The smallest absolute Gasteiger partial charge is 0.176 e. The van der Waals surface area contributed by atoms with Gasteiger partial charge < -0.3 is 4.98 Å².